The van der Waals surface area contributed by atoms with Gasteiger partial charge < -0.3 is 4.74 Å². The van der Waals surface area contributed by atoms with Gasteiger partial charge in [0.05, 0.1) is 12.2 Å². The molecule has 19 heavy (non-hydrogen) atoms. The van der Waals surface area contributed by atoms with Crippen molar-refractivity contribution in [2.24, 2.45) is 0 Å². The van der Waals surface area contributed by atoms with E-state index < -0.39 is 23.7 Å². The lowest BCUT2D eigenvalue weighted by atomic mass is 10.1. The van der Waals surface area contributed by atoms with Crippen LogP contribution in [0, 0.1) is 0 Å². The molecule has 0 aliphatic carbocycles. The van der Waals surface area contributed by atoms with Crippen LogP contribution in [0.15, 0.2) is 24.3 Å². The quantitative estimate of drug-likeness (QED) is 0.468. The molecule has 1 aromatic carbocycles. The lowest BCUT2D eigenvalue weighted by Gasteiger charge is -2.20. The maximum Gasteiger partial charge on any atom is 0.384 e. The highest BCUT2D eigenvalue weighted by atomic mass is 35.5. The molecule has 0 unspecified atom stereocenters. The van der Waals surface area contributed by atoms with Crippen LogP contribution in [-0.2, 0) is 11.2 Å². The first-order valence-corrected chi connectivity index (χ1v) is 5.76. The highest BCUT2D eigenvalue weighted by Crippen LogP contribution is 2.39. The summed E-state index contributed by atoms with van der Waals surface area (Å²) < 4.78 is 55.6. The van der Waals surface area contributed by atoms with Crippen molar-refractivity contribution in [1.82, 2.24) is 0 Å². The van der Waals surface area contributed by atoms with E-state index in [1.54, 1.807) is 6.92 Å². The number of ether oxygens (including phenoxy) is 1. The van der Waals surface area contributed by atoms with Gasteiger partial charge in [-0.2, -0.15) is 17.6 Å². The minimum absolute atomic E-state index is 0.0571. The van der Waals surface area contributed by atoms with Crippen molar-refractivity contribution >= 4 is 17.6 Å². The van der Waals surface area contributed by atoms with Crippen LogP contribution < -0.4 is 0 Å². The Labute approximate surface area is 112 Å². The van der Waals surface area contributed by atoms with E-state index in [1.807, 2.05) is 0 Å². The van der Waals surface area contributed by atoms with Gasteiger partial charge in [0.15, 0.2) is 0 Å². The summed E-state index contributed by atoms with van der Waals surface area (Å²) in [5.74, 6) is -4.97. The van der Waals surface area contributed by atoms with Crippen LogP contribution in [0.1, 0.15) is 22.8 Å². The third-order valence-corrected chi connectivity index (χ3v) is 2.58. The lowest BCUT2D eigenvalue weighted by Crippen LogP contribution is -2.37. The van der Waals surface area contributed by atoms with E-state index in [0.717, 1.165) is 12.1 Å². The van der Waals surface area contributed by atoms with E-state index in [4.69, 9.17) is 4.74 Å². The number of halogens is 5. The SMILES string of the molecule is CCOC(=O)c1ccc(CC(F)(F)C(F)(F)Cl)cc1. The molecule has 1 rings (SSSR count). The van der Waals surface area contributed by atoms with Crippen LogP contribution >= 0.6 is 11.6 Å². The van der Waals surface area contributed by atoms with Crippen molar-refractivity contribution in [3.05, 3.63) is 35.4 Å². The first-order valence-electron chi connectivity index (χ1n) is 5.38. The van der Waals surface area contributed by atoms with Crippen LogP contribution in [0.4, 0.5) is 17.6 Å². The summed E-state index contributed by atoms with van der Waals surface area (Å²) in [7, 11) is 0. The Kier molecular flexibility index (Phi) is 4.79. The summed E-state index contributed by atoms with van der Waals surface area (Å²) in [4.78, 5) is 11.3. The Morgan fingerprint density at radius 2 is 1.74 bits per heavy atom. The largest absolute Gasteiger partial charge is 0.462 e. The Morgan fingerprint density at radius 3 is 2.16 bits per heavy atom. The molecule has 0 spiro atoms. The summed E-state index contributed by atoms with van der Waals surface area (Å²) in [6.45, 7) is 1.80. The number of hydrogen-bond donors (Lipinski definition) is 0. The second-order valence-corrected chi connectivity index (χ2v) is 4.27. The molecule has 7 heteroatoms. The van der Waals surface area contributed by atoms with Gasteiger partial charge in [0, 0.05) is 6.42 Å². The smallest absolute Gasteiger partial charge is 0.384 e. The minimum Gasteiger partial charge on any atom is -0.462 e. The Morgan fingerprint density at radius 1 is 1.21 bits per heavy atom. The zero-order valence-corrected chi connectivity index (χ0v) is 10.7. The van der Waals surface area contributed by atoms with E-state index >= 15 is 0 Å². The van der Waals surface area contributed by atoms with E-state index in [2.05, 4.69) is 11.6 Å². The van der Waals surface area contributed by atoms with Gasteiger partial charge in [0.25, 0.3) is 0 Å². The van der Waals surface area contributed by atoms with Crippen LogP contribution in [0.3, 0.4) is 0 Å². The summed E-state index contributed by atoms with van der Waals surface area (Å²) in [6.07, 6.45) is -1.22. The molecule has 0 aliphatic rings. The number of rotatable bonds is 5. The highest BCUT2D eigenvalue weighted by Gasteiger charge is 2.54. The molecule has 106 valence electrons. The molecule has 0 atom stereocenters. The fraction of sp³-hybridized carbons (Fsp3) is 0.417. The average Bonchev–Trinajstić information content (AvgIpc) is 2.28. The zero-order chi connectivity index (χ0) is 14.7. The predicted octanol–water partition coefficient (Wildman–Crippen LogP) is 3.87. The van der Waals surface area contributed by atoms with Crippen LogP contribution in [0.2, 0.25) is 0 Å². The second kappa shape index (κ2) is 5.77. The molecule has 0 aliphatic heterocycles. The van der Waals surface area contributed by atoms with Crippen molar-refractivity contribution in [3.8, 4) is 0 Å². The number of carbonyl (C=O) groups excluding carboxylic acids is 1. The number of hydrogen-bond acceptors (Lipinski definition) is 2. The van der Waals surface area contributed by atoms with Gasteiger partial charge >= 0.3 is 17.3 Å². The van der Waals surface area contributed by atoms with Crippen LogP contribution in [0.5, 0.6) is 0 Å². The number of alkyl halides is 5. The molecule has 0 fully saturated rings. The fourth-order valence-electron chi connectivity index (χ4n) is 1.33. The van der Waals surface area contributed by atoms with Gasteiger partial charge in [0.1, 0.15) is 0 Å². The molecule has 0 heterocycles. The Balaban J connectivity index is 2.81. The van der Waals surface area contributed by atoms with E-state index in [9.17, 15) is 22.4 Å². The normalized spacial score (nSPS) is 12.3. The van der Waals surface area contributed by atoms with E-state index in [1.165, 1.54) is 12.1 Å². The third kappa shape index (κ3) is 4.09. The molecule has 0 bridgehead atoms. The van der Waals surface area contributed by atoms with Crippen molar-refractivity contribution in [2.75, 3.05) is 6.61 Å². The first-order chi connectivity index (χ1) is 8.67. The second-order valence-electron chi connectivity index (χ2n) is 3.80. The molecule has 2 nitrogen and oxygen atoms in total. The summed E-state index contributed by atoms with van der Waals surface area (Å²) in [6, 6.07) is 4.77. The van der Waals surface area contributed by atoms with Gasteiger partial charge in [-0.15, -0.1) is 0 Å². The van der Waals surface area contributed by atoms with E-state index in [-0.39, 0.29) is 17.7 Å². The van der Waals surface area contributed by atoms with Crippen molar-refractivity contribution < 1.29 is 27.1 Å². The molecular weight excluding hydrogens is 288 g/mol. The standard InChI is InChI=1S/C12H11ClF4O2/c1-2-19-10(18)9-5-3-8(4-6-9)7-11(14,15)12(13,16)17/h3-6H,2,7H2,1H3. The van der Waals surface area contributed by atoms with Gasteiger partial charge in [0.2, 0.25) is 0 Å². The summed E-state index contributed by atoms with van der Waals surface area (Å²) in [5.41, 5.74) is 0.102. The Bertz CT molecular complexity index is 440. The molecule has 0 N–H and O–H groups in total. The van der Waals surface area contributed by atoms with Gasteiger partial charge in [-0.3, -0.25) is 0 Å². The average molecular weight is 299 g/mol. The minimum atomic E-state index is -4.62. The van der Waals surface area contributed by atoms with Gasteiger partial charge in [-0.25, -0.2) is 4.79 Å². The van der Waals surface area contributed by atoms with Gasteiger partial charge in [-0.05, 0) is 36.2 Å². The maximum atomic E-state index is 13.0. The van der Waals surface area contributed by atoms with Crippen molar-refractivity contribution in [1.29, 1.82) is 0 Å². The maximum absolute atomic E-state index is 13.0. The van der Waals surface area contributed by atoms with E-state index in [0.29, 0.717) is 0 Å². The van der Waals surface area contributed by atoms with Crippen molar-refractivity contribution in [3.63, 3.8) is 0 Å². The van der Waals surface area contributed by atoms with Crippen molar-refractivity contribution in [2.45, 2.75) is 24.6 Å². The summed E-state index contributed by atoms with van der Waals surface area (Å²) in [5, 5.41) is -4.62. The molecule has 0 radical (unpaired) electrons. The molecule has 0 saturated heterocycles. The lowest BCUT2D eigenvalue weighted by molar-refractivity contribution is -0.155. The molecule has 0 aromatic heterocycles. The number of esters is 1. The zero-order valence-electron chi connectivity index (χ0n) is 9.93. The Hall–Kier alpha value is -1.30. The topological polar surface area (TPSA) is 26.3 Å². The molecule has 0 saturated carbocycles. The van der Waals surface area contributed by atoms with Crippen LogP contribution in [-0.4, -0.2) is 23.9 Å². The van der Waals surface area contributed by atoms with Gasteiger partial charge in [-0.1, -0.05) is 12.1 Å². The number of benzene rings is 1. The monoisotopic (exact) mass is 298 g/mol. The third-order valence-electron chi connectivity index (χ3n) is 2.31. The van der Waals surface area contributed by atoms with Crippen LogP contribution in [0.25, 0.3) is 0 Å². The fourth-order valence-corrected chi connectivity index (χ4v) is 1.40. The molecule has 1 aromatic rings. The highest BCUT2D eigenvalue weighted by molar-refractivity contribution is 6.22. The molecule has 0 amide bonds. The number of carbonyl (C=O) groups is 1. The summed E-state index contributed by atoms with van der Waals surface area (Å²) >= 11 is 4.34. The predicted molar refractivity (Wildman–Crippen MR) is 61.8 cm³/mol. The molecular formula is C12H11ClF4O2. The first kappa shape index (κ1) is 15.8.